The number of hydrogen-bond acceptors (Lipinski definition) is 4. The van der Waals surface area contributed by atoms with E-state index in [-0.39, 0.29) is 11.9 Å². The first kappa shape index (κ1) is 18.7. The van der Waals surface area contributed by atoms with Crippen LogP contribution in [0.2, 0.25) is 0 Å². The van der Waals surface area contributed by atoms with E-state index in [0.717, 1.165) is 32.1 Å². The Kier molecular flexibility index (Phi) is 5.35. The second kappa shape index (κ2) is 7.43. The van der Waals surface area contributed by atoms with Crippen LogP contribution in [0.25, 0.3) is 0 Å². The molecule has 0 aromatic heterocycles. The molecule has 8 atom stereocenters. The van der Waals surface area contributed by atoms with E-state index in [0.29, 0.717) is 60.6 Å². The fraction of sp³-hybridized carbons (Fsp3) is 0.955. The van der Waals surface area contributed by atoms with Gasteiger partial charge in [0.25, 0.3) is 0 Å². The van der Waals surface area contributed by atoms with Crippen LogP contribution in [0.15, 0.2) is 0 Å². The summed E-state index contributed by atoms with van der Waals surface area (Å²) in [5.74, 6) is 3.10. The summed E-state index contributed by atoms with van der Waals surface area (Å²) >= 11 is 0. The Balaban J connectivity index is 1.25. The largest absolute Gasteiger partial charge is 0.465 e. The van der Waals surface area contributed by atoms with Crippen molar-refractivity contribution in [2.75, 3.05) is 6.61 Å². The zero-order valence-electron chi connectivity index (χ0n) is 16.9. The molecule has 0 N–H and O–H groups in total. The van der Waals surface area contributed by atoms with E-state index < -0.39 is 0 Å². The molecule has 2 aliphatic heterocycles. The molecule has 4 heteroatoms. The van der Waals surface area contributed by atoms with Crippen molar-refractivity contribution < 1.29 is 19.0 Å². The molecule has 148 valence electrons. The number of carbonyl (C=O) groups is 1. The summed E-state index contributed by atoms with van der Waals surface area (Å²) in [5, 5.41) is 0. The predicted octanol–water partition coefficient (Wildman–Crippen LogP) is 4.21. The number of esters is 1. The smallest absolute Gasteiger partial charge is 0.309 e. The summed E-state index contributed by atoms with van der Waals surface area (Å²) in [6, 6.07) is 0. The first-order chi connectivity index (χ1) is 12.4. The third kappa shape index (κ3) is 4.27. The monoisotopic (exact) mass is 364 g/mol. The summed E-state index contributed by atoms with van der Waals surface area (Å²) in [6.45, 7) is 9.66. The minimum atomic E-state index is 0.0203. The molecule has 2 saturated heterocycles. The lowest BCUT2D eigenvalue weighted by Crippen LogP contribution is -2.32. The van der Waals surface area contributed by atoms with E-state index in [1.165, 1.54) is 6.42 Å². The molecule has 0 amide bonds. The molecule has 0 aromatic rings. The van der Waals surface area contributed by atoms with Crippen molar-refractivity contribution in [3.05, 3.63) is 0 Å². The molecule has 2 saturated carbocycles. The molecule has 4 aliphatic rings. The van der Waals surface area contributed by atoms with Crippen LogP contribution in [0, 0.1) is 35.5 Å². The second-order valence-corrected chi connectivity index (χ2v) is 10.2. The molecule has 0 bridgehead atoms. The highest BCUT2D eigenvalue weighted by Gasteiger charge is 2.53. The Bertz CT molecular complexity index is 516. The Morgan fingerprint density at radius 2 is 1.46 bits per heavy atom. The summed E-state index contributed by atoms with van der Waals surface area (Å²) in [4.78, 5) is 12.7. The molecule has 8 unspecified atom stereocenters. The third-order valence-corrected chi connectivity index (χ3v) is 6.82. The highest BCUT2D eigenvalue weighted by molar-refractivity contribution is 5.72. The average molecular weight is 365 g/mol. The highest BCUT2D eigenvalue weighted by Crippen LogP contribution is 2.47. The lowest BCUT2D eigenvalue weighted by molar-refractivity contribution is -0.151. The van der Waals surface area contributed by atoms with Crippen molar-refractivity contribution in [2.24, 2.45) is 35.5 Å². The summed E-state index contributed by atoms with van der Waals surface area (Å²) in [5.41, 5.74) is 0. The van der Waals surface area contributed by atoms with Gasteiger partial charge in [-0.1, -0.05) is 27.7 Å². The molecule has 4 fully saturated rings. The number of hydrogen-bond donors (Lipinski definition) is 0. The van der Waals surface area contributed by atoms with Crippen LogP contribution in [-0.2, 0) is 19.0 Å². The predicted molar refractivity (Wildman–Crippen MR) is 99.6 cm³/mol. The summed E-state index contributed by atoms with van der Waals surface area (Å²) < 4.78 is 17.5. The quantitative estimate of drug-likeness (QED) is 0.502. The van der Waals surface area contributed by atoms with Crippen LogP contribution in [0.1, 0.15) is 66.2 Å². The van der Waals surface area contributed by atoms with Gasteiger partial charge < -0.3 is 14.2 Å². The topological polar surface area (TPSA) is 51.4 Å². The van der Waals surface area contributed by atoms with Crippen molar-refractivity contribution in [1.29, 1.82) is 0 Å². The SMILES string of the molecule is CC(C)CC1CC(COC(=O)C2CC(CC(C)C)C3OC3C2)CC2OC12. The first-order valence-corrected chi connectivity index (χ1v) is 10.9. The number of rotatable bonds is 7. The zero-order chi connectivity index (χ0) is 18.4. The molecule has 2 heterocycles. The molecule has 4 rings (SSSR count). The van der Waals surface area contributed by atoms with Gasteiger partial charge in [-0.05, 0) is 68.1 Å². The Hall–Kier alpha value is -0.610. The minimum Gasteiger partial charge on any atom is -0.465 e. The fourth-order valence-electron chi connectivity index (χ4n) is 5.70. The average Bonchev–Trinajstić information content (AvgIpc) is 3.44. The van der Waals surface area contributed by atoms with E-state index in [1.807, 2.05) is 0 Å². The first-order valence-electron chi connectivity index (χ1n) is 10.9. The van der Waals surface area contributed by atoms with Crippen molar-refractivity contribution in [3.63, 3.8) is 0 Å². The molecule has 26 heavy (non-hydrogen) atoms. The molecular formula is C22H36O4. The van der Waals surface area contributed by atoms with Crippen LogP contribution in [0.5, 0.6) is 0 Å². The summed E-state index contributed by atoms with van der Waals surface area (Å²) in [7, 11) is 0. The van der Waals surface area contributed by atoms with Gasteiger partial charge in [0.15, 0.2) is 0 Å². The number of carbonyl (C=O) groups excluding carboxylic acids is 1. The maximum atomic E-state index is 12.7. The molecule has 0 aromatic carbocycles. The minimum absolute atomic E-state index is 0.0203. The zero-order valence-corrected chi connectivity index (χ0v) is 16.9. The summed E-state index contributed by atoms with van der Waals surface area (Å²) in [6.07, 6.45) is 8.08. The molecule has 0 radical (unpaired) electrons. The number of fused-ring (bicyclic) bond motifs is 2. The van der Waals surface area contributed by atoms with Crippen LogP contribution in [0.3, 0.4) is 0 Å². The van der Waals surface area contributed by atoms with Gasteiger partial charge >= 0.3 is 5.97 Å². The fourth-order valence-corrected chi connectivity index (χ4v) is 5.70. The lowest BCUT2D eigenvalue weighted by Gasteiger charge is -2.29. The lowest BCUT2D eigenvalue weighted by atomic mass is 9.77. The molecule has 4 nitrogen and oxygen atoms in total. The van der Waals surface area contributed by atoms with Crippen molar-refractivity contribution in [1.82, 2.24) is 0 Å². The van der Waals surface area contributed by atoms with E-state index >= 15 is 0 Å². The van der Waals surface area contributed by atoms with Crippen LogP contribution in [0.4, 0.5) is 0 Å². The Morgan fingerprint density at radius 3 is 2.08 bits per heavy atom. The number of ether oxygens (including phenoxy) is 3. The van der Waals surface area contributed by atoms with E-state index in [4.69, 9.17) is 14.2 Å². The highest BCUT2D eigenvalue weighted by atomic mass is 16.6. The van der Waals surface area contributed by atoms with E-state index in [1.54, 1.807) is 0 Å². The Morgan fingerprint density at radius 1 is 0.885 bits per heavy atom. The van der Waals surface area contributed by atoms with Gasteiger partial charge in [-0.15, -0.1) is 0 Å². The van der Waals surface area contributed by atoms with E-state index in [2.05, 4.69) is 27.7 Å². The van der Waals surface area contributed by atoms with Crippen molar-refractivity contribution in [3.8, 4) is 0 Å². The standard InChI is InChI=1S/C22H36O4/c1-12(2)5-15-7-14(8-18-20(15)25-18)11-24-22(23)17-9-16(6-13(3)4)21-19(10-17)26-21/h12-21H,5-11H2,1-4H3. The van der Waals surface area contributed by atoms with Gasteiger partial charge in [0.2, 0.25) is 0 Å². The van der Waals surface area contributed by atoms with Gasteiger partial charge in [-0.25, -0.2) is 0 Å². The second-order valence-electron chi connectivity index (χ2n) is 10.2. The Labute approximate surface area is 158 Å². The molecular weight excluding hydrogens is 328 g/mol. The van der Waals surface area contributed by atoms with Gasteiger partial charge in [-0.3, -0.25) is 4.79 Å². The molecule has 2 aliphatic carbocycles. The van der Waals surface area contributed by atoms with Crippen molar-refractivity contribution >= 4 is 5.97 Å². The molecule has 0 spiro atoms. The van der Waals surface area contributed by atoms with Gasteiger partial charge in [0.1, 0.15) is 0 Å². The van der Waals surface area contributed by atoms with Crippen LogP contribution >= 0.6 is 0 Å². The van der Waals surface area contributed by atoms with Gasteiger partial charge in [0, 0.05) is 0 Å². The van der Waals surface area contributed by atoms with Crippen molar-refractivity contribution in [2.45, 2.75) is 90.6 Å². The van der Waals surface area contributed by atoms with E-state index in [9.17, 15) is 4.79 Å². The maximum Gasteiger partial charge on any atom is 0.309 e. The maximum absolute atomic E-state index is 12.7. The van der Waals surface area contributed by atoms with Crippen LogP contribution in [-0.4, -0.2) is 37.0 Å². The number of epoxide rings is 2. The normalized spacial score (nSPS) is 43.8. The van der Waals surface area contributed by atoms with Crippen LogP contribution < -0.4 is 0 Å². The van der Waals surface area contributed by atoms with Gasteiger partial charge in [-0.2, -0.15) is 0 Å². The van der Waals surface area contributed by atoms with Gasteiger partial charge in [0.05, 0.1) is 36.9 Å². The third-order valence-electron chi connectivity index (χ3n) is 6.82.